The lowest BCUT2D eigenvalue weighted by Gasteiger charge is -2.07. The molecule has 1 rings (SSSR count). The zero-order valence-electron chi connectivity index (χ0n) is 7.00. The monoisotopic (exact) mass is 189 g/mol. The van der Waals surface area contributed by atoms with Crippen molar-refractivity contribution in [3.05, 3.63) is 11.9 Å². The van der Waals surface area contributed by atoms with Crippen molar-refractivity contribution < 1.29 is 13.5 Å². The highest BCUT2D eigenvalue weighted by atomic mass is 19.3. The number of rotatable bonds is 3. The second-order valence-corrected chi connectivity index (χ2v) is 2.39. The van der Waals surface area contributed by atoms with Crippen LogP contribution in [0, 0.1) is 6.92 Å². The van der Waals surface area contributed by atoms with Crippen LogP contribution in [0.4, 0.5) is 14.6 Å². The number of nitrogens with two attached hydrogens (primary N) is 1. The Morgan fingerprint density at radius 3 is 2.85 bits per heavy atom. The van der Waals surface area contributed by atoms with Crippen molar-refractivity contribution in [2.75, 3.05) is 12.3 Å². The minimum atomic E-state index is -2.52. The van der Waals surface area contributed by atoms with E-state index in [9.17, 15) is 8.78 Å². The van der Waals surface area contributed by atoms with E-state index in [0.717, 1.165) is 0 Å². The standard InChI is InChI=1S/C7H9F2N3O/c1-4-6(10)11-3-12-7(4)13-2-5(8)9/h3,5H,2H2,1H3,(H2,10,11,12). The minimum absolute atomic E-state index is 0.104. The average molecular weight is 189 g/mol. The highest BCUT2D eigenvalue weighted by Crippen LogP contribution is 2.17. The van der Waals surface area contributed by atoms with Crippen LogP contribution in [-0.2, 0) is 0 Å². The Bertz CT molecular complexity index is 293. The van der Waals surface area contributed by atoms with Crippen LogP contribution in [0.3, 0.4) is 0 Å². The van der Waals surface area contributed by atoms with Crippen LogP contribution < -0.4 is 10.5 Å². The van der Waals surface area contributed by atoms with E-state index in [1.807, 2.05) is 0 Å². The van der Waals surface area contributed by atoms with Crippen LogP contribution in [0.2, 0.25) is 0 Å². The molecule has 6 heteroatoms. The normalized spacial score (nSPS) is 10.5. The molecule has 1 aromatic rings. The quantitative estimate of drug-likeness (QED) is 0.770. The molecule has 0 radical (unpaired) electrons. The van der Waals surface area contributed by atoms with Crippen molar-refractivity contribution >= 4 is 5.82 Å². The lowest BCUT2D eigenvalue weighted by atomic mass is 10.3. The predicted molar refractivity (Wildman–Crippen MR) is 42.7 cm³/mol. The maximum absolute atomic E-state index is 11.8. The fraction of sp³-hybridized carbons (Fsp3) is 0.429. The molecule has 0 bridgehead atoms. The molecule has 0 fully saturated rings. The molecule has 1 heterocycles. The summed E-state index contributed by atoms with van der Waals surface area (Å²) in [6.07, 6.45) is -1.35. The van der Waals surface area contributed by atoms with Crippen molar-refractivity contribution in [2.24, 2.45) is 0 Å². The van der Waals surface area contributed by atoms with E-state index in [1.54, 1.807) is 6.92 Å². The van der Waals surface area contributed by atoms with Crippen LogP contribution in [0.1, 0.15) is 5.56 Å². The molecule has 0 aromatic carbocycles. The topological polar surface area (TPSA) is 61.0 Å². The van der Waals surface area contributed by atoms with Gasteiger partial charge < -0.3 is 10.5 Å². The summed E-state index contributed by atoms with van der Waals surface area (Å²) in [6.45, 7) is 0.924. The van der Waals surface area contributed by atoms with Gasteiger partial charge in [-0.05, 0) is 6.92 Å². The van der Waals surface area contributed by atoms with Crippen LogP contribution in [-0.4, -0.2) is 23.0 Å². The molecule has 2 N–H and O–H groups in total. The summed E-state index contributed by atoms with van der Waals surface area (Å²) in [5, 5.41) is 0. The molecule has 13 heavy (non-hydrogen) atoms. The van der Waals surface area contributed by atoms with Gasteiger partial charge in [0, 0.05) is 0 Å². The summed E-state index contributed by atoms with van der Waals surface area (Å²) in [4.78, 5) is 7.33. The fourth-order valence-electron chi connectivity index (χ4n) is 0.734. The van der Waals surface area contributed by atoms with Crippen molar-refractivity contribution in [1.29, 1.82) is 0 Å². The molecule has 0 amide bonds. The van der Waals surface area contributed by atoms with Gasteiger partial charge in [0.15, 0.2) is 6.61 Å². The van der Waals surface area contributed by atoms with Crippen LogP contribution in [0.5, 0.6) is 5.88 Å². The van der Waals surface area contributed by atoms with Gasteiger partial charge in [-0.3, -0.25) is 0 Å². The van der Waals surface area contributed by atoms with Crippen molar-refractivity contribution in [2.45, 2.75) is 13.3 Å². The predicted octanol–water partition coefficient (Wildman–Crippen LogP) is 1.01. The molecule has 1 aromatic heterocycles. The second kappa shape index (κ2) is 3.97. The maximum Gasteiger partial charge on any atom is 0.272 e. The summed E-state index contributed by atoms with van der Waals surface area (Å²) < 4.78 is 28.2. The summed E-state index contributed by atoms with van der Waals surface area (Å²) in [5.74, 6) is 0.340. The molecule has 0 aliphatic carbocycles. The number of halogens is 2. The first-order chi connectivity index (χ1) is 6.11. The Labute approximate surface area is 73.8 Å². The number of alkyl halides is 2. The Morgan fingerprint density at radius 1 is 1.54 bits per heavy atom. The fourth-order valence-corrected chi connectivity index (χ4v) is 0.734. The van der Waals surface area contributed by atoms with E-state index in [0.29, 0.717) is 5.56 Å². The number of hydrogen-bond donors (Lipinski definition) is 1. The Morgan fingerprint density at radius 2 is 2.23 bits per heavy atom. The SMILES string of the molecule is Cc1c(N)ncnc1OCC(F)F. The van der Waals surface area contributed by atoms with Crippen LogP contribution in [0.15, 0.2) is 6.33 Å². The smallest absolute Gasteiger partial charge is 0.272 e. The summed E-state index contributed by atoms with van der Waals surface area (Å²) in [7, 11) is 0. The third kappa shape index (κ3) is 2.50. The van der Waals surface area contributed by atoms with Gasteiger partial charge in [-0.2, -0.15) is 0 Å². The number of aromatic nitrogens is 2. The number of ether oxygens (including phenoxy) is 1. The Balaban J connectivity index is 2.71. The van der Waals surface area contributed by atoms with Gasteiger partial charge in [0.25, 0.3) is 6.43 Å². The molecule has 0 aliphatic rings. The first-order valence-corrected chi connectivity index (χ1v) is 3.59. The number of hydrogen-bond acceptors (Lipinski definition) is 4. The third-order valence-electron chi connectivity index (χ3n) is 1.42. The van der Waals surface area contributed by atoms with Gasteiger partial charge in [0.05, 0.1) is 5.56 Å². The summed E-state index contributed by atoms with van der Waals surface area (Å²) in [5.41, 5.74) is 5.88. The highest BCUT2D eigenvalue weighted by molar-refractivity contribution is 5.42. The van der Waals surface area contributed by atoms with Crippen LogP contribution >= 0.6 is 0 Å². The van der Waals surface area contributed by atoms with Gasteiger partial charge in [0.2, 0.25) is 5.88 Å². The largest absolute Gasteiger partial charge is 0.471 e. The Hall–Kier alpha value is -1.46. The van der Waals surface area contributed by atoms with Crippen LogP contribution in [0.25, 0.3) is 0 Å². The van der Waals surface area contributed by atoms with E-state index in [2.05, 4.69) is 9.97 Å². The molecule has 0 saturated carbocycles. The van der Waals surface area contributed by atoms with E-state index in [4.69, 9.17) is 10.5 Å². The van der Waals surface area contributed by atoms with Gasteiger partial charge in [-0.1, -0.05) is 0 Å². The molecule has 72 valence electrons. The molecular weight excluding hydrogens is 180 g/mol. The zero-order valence-corrected chi connectivity index (χ0v) is 7.00. The van der Waals surface area contributed by atoms with Crippen molar-refractivity contribution in [1.82, 2.24) is 9.97 Å². The molecular formula is C7H9F2N3O. The van der Waals surface area contributed by atoms with Crippen molar-refractivity contribution in [3.8, 4) is 5.88 Å². The van der Waals surface area contributed by atoms with E-state index in [1.165, 1.54) is 6.33 Å². The number of nitrogens with zero attached hydrogens (tertiary/aromatic N) is 2. The minimum Gasteiger partial charge on any atom is -0.471 e. The number of anilines is 1. The first kappa shape index (κ1) is 9.63. The summed E-state index contributed by atoms with van der Waals surface area (Å²) in [6, 6.07) is 0. The van der Waals surface area contributed by atoms with Gasteiger partial charge in [-0.25, -0.2) is 18.7 Å². The number of nitrogen functional groups attached to an aromatic ring is 1. The maximum atomic E-state index is 11.8. The zero-order chi connectivity index (χ0) is 9.84. The first-order valence-electron chi connectivity index (χ1n) is 3.59. The molecule has 0 spiro atoms. The van der Waals surface area contributed by atoms with E-state index in [-0.39, 0.29) is 11.7 Å². The average Bonchev–Trinajstić information content (AvgIpc) is 2.07. The molecule has 4 nitrogen and oxygen atoms in total. The molecule has 0 atom stereocenters. The highest BCUT2D eigenvalue weighted by Gasteiger charge is 2.08. The molecule has 0 saturated heterocycles. The van der Waals surface area contributed by atoms with Crippen molar-refractivity contribution in [3.63, 3.8) is 0 Å². The Kier molecular flexibility index (Phi) is 2.94. The van der Waals surface area contributed by atoms with Gasteiger partial charge >= 0.3 is 0 Å². The summed E-state index contributed by atoms with van der Waals surface area (Å²) >= 11 is 0. The van der Waals surface area contributed by atoms with Gasteiger partial charge in [0.1, 0.15) is 12.1 Å². The van der Waals surface area contributed by atoms with E-state index < -0.39 is 13.0 Å². The van der Waals surface area contributed by atoms with Gasteiger partial charge in [-0.15, -0.1) is 0 Å². The second-order valence-electron chi connectivity index (χ2n) is 2.39. The lowest BCUT2D eigenvalue weighted by Crippen LogP contribution is -2.10. The lowest BCUT2D eigenvalue weighted by molar-refractivity contribution is 0.0792. The molecule has 0 unspecified atom stereocenters. The third-order valence-corrected chi connectivity index (χ3v) is 1.42. The molecule has 0 aliphatic heterocycles. The van der Waals surface area contributed by atoms with E-state index >= 15 is 0 Å².